The van der Waals surface area contributed by atoms with Gasteiger partial charge in [0.25, 0.3) is 0 Å². The number of hydrogen-bond donors (Lipinski definition) is 4. The molecule has 0 radical (unpaired) electrons. The molecule has 8 heteroatoms. The Kier molecular flexibility index (Phi) is 4.51. The highest BCUT2D eigenvalue weighted by atomic mass is 16.5. The summed E-state index contributed by atoms with van der Waals surface area (Å²) in [5, 5.41) is 7.04. The van der Waals surface area contributed by atoms with Crippen LogP contribution in [0.1, 0.15) is 45.5 Å². The maximum Gasteiger partial charge on any atom is 0.315 e. The van der Waals surface area contributed by atoms with Gasteiger partial charge in [-0.3, -0.25) is 0 Å². The Labute approximate surface area is 157 Å². The number of carbonyl (C=O) groups excluding carboxylic acids is 1. The Hall–Kier alpha value is -2.61. The molecule has 1 aliphatic heterocycles. The summed E-state index contributed by atoms with van der Waals surface area (Å²) in [6.07, 6.45) is 5.59. The summed E-state index contributed by atoms with van der Waals surface area (Å²) >= 11 is 0. The number of imidazole rings is 1. The summed E-state index contributed by atoms with van der Waals surface area (Å²) in [5.41, 5.74) is 2.21. The molecule has 4 heterocycles. The SMILES string of the molecule is CC(C)(C)NC(=O)NC(c1nc2c(cnc3[nH]ccc32)[nH]1)[C@@H]1CCCOC1. The van der Waals surface area contributed by atoms with E-state index in [0.717, 1.165) is 47.3 Å². The molecular weight excluding hydrogens is 344 g/mol. The van der Waals surface area contributed by atoms with Gasteiger partial charge in [0, 0.05) is 29.6 Å². The molecule has 1 saturated heterocycles. The summed E-state index contributed by atoms with van der Waals surface area (Å²) in [5.74, 6) is 0.903. The number of rotatable bonds is 3. The summed E-state index contributed by atoms with van der Waals surface area (Å²) in [7, 11) is 0. The molecule has 4 rings (SSSR count). The number of aromatic amines is 2. The lowest BCUT2D eigenvalue weighted by Gasteiger charge is -2.31. The molecule has 0 saturated carbocycles. The number of amides is 2. The highest BCUT2D eigenvalue weighted by Crippen LogP contribution is 2.30. The predicted molar refractivity (Wildman–Crippen MR) is 103 cm³/mol. The number of nitrogens with zero attached hydrogens (tertiary/aromatic N) is 2. The van der Waals surface area contributed by atoms with Gasteiger partial charge < -0.3 is 25.3 Å². The molecule has 8 nitrogen and oxygen atoms in total. The summed E-state index contributed by atoms with van der Waals surface area (Å²) in [4.78, 5) is 28.3. The van der Waals surface area contributed by atoms with Crippen molar-refractivity contribution in [2.75, 3.05) is 13.2 Å². The lowest BCUT2D eigenvalue weighted by Crippen LogP contribution is -2.49. The normalized spacial score (nSPS) is 19.3. The zero-order valence-corrected chi connectivity index (χ0v) is 15.9. The van der Waals surface area contributed by atoms with E-state index in [1.54, 1.807) is 6.20 Å². The molecular formula is C19H26N6O2. The number of nitrogens with one attached hydrogen (secondary N) is 4. The highest BCUT2D eigenvalue weighted by Gasteiger charge is 2.30. The Balaban J connectivity index is 1.68. The number of ether oxygens (including phenoxy) is 1. The first-order chi connectivity index (χ1) is 12.9. The molecule has 2 atom stereocenters. The van der Waals surface area contributed by atoms with Crippen LogP contribution in [0.25, 0.3) is 22.1 Å². The molecule has 1 fully saturated rings. The molecule has 0 bridgehead atoms. The van der Waals surface area contributed by atoms with E-state index in [2.05, 4.69) is 25.6 Å². The third kappa shape index (κ3) is 3.75. The van der Waals surface area contributed by atoms with Gasteiger partial charge in [-0.2, -0.15) is 0 Å². The molecule has 1 aliphatic rings. The molecule has 3 aromatic rings. The van der Waals surface area contributed by atoms with Crippen LogP contribution in [0.15, 0.2) is 18.5 Å². The lowest BCUT2D eigenvalue weighted by atomic mass is 9.93. The second kappa shape index (κ2) is 6.84. The summed E-state index contributed by atoms with van der Waals surface area (Å²) < 4.78 is 5.67. The molecule has 0 aliphatic carbocycles. The Bertz CT molecular complexity index is 948. The molecule has 4 N–H and O–H groups in total. The molecule has 3 aromatic heterocycles. The van der Waals surface area contributed by atoms with Crippen molar-refractivity contribution in [2.45, 2.75) is 45.2 Å². The number of pyridine rings is 1. The van der Waals surface area contributed by atoms with Gasteiger partial charge in [0.2, 0.25) is 0 Å². The molecule has 0 aromatic carbocycles. The van der Waals surface area contributed by atoms with Crippen molar-refractivity contribution in [3.05, 3.63) is 24.3 Å². The van der Waals surface area contributed by atoms with E-state index in [4.69, 9.17) is 9.72 Å². The van der Waals surface area contributed by atoms with Crippen molar-refractivity contribution >= 4 is 28.1 Å². The highest BCUT2D eigenvalue weighted by molar-refractivity contribution is 6.00. The van der Waals surface area contributed by atoms with E-state index in [9.17, 15) is 4.79 Å². The van der Waals surface area contributed by atoms with E-state index < -0.39 is 0 Å². The van der Waals surface area contributed by atoms with Crippen LogP contribution in [0, 0.1) is 5.92 Å². The number of H-pyrrole nitrogens is 2. The first-order valence-electron chi connectivity index (χ1n) is 9.39. The summed E-state index contributed by atoms with van der Waals surface area (Å²) in [6.45, 7) is 7.25. The van der Waals surface area contributed by atoms with Crippen LogP contribution in [-0.4, -0.2) is 44.7 Å². The van der Waals surface area contributed by atoms with Gasteiger partial charge >= 0.3 is 6.03 Å². The fourth-order valence-corrected chi connectivity index (χ4v) is 3.60. The fraction of sp³-hybridized carbons (Fsp3) is 0.526. The maximum atomic E-state index is 12.5. The number of hydrogen-bond acceptors (Lipinski definition) is 4. The third-order valence-corrected chi connectivity index (χ3v) is 4.79. The molecule has 0 spiro atoms. The largest absolute Gasteiger partial charge is 0.381 e. The molecule has 27 heavy (non-hydrogen) atoms. The number of urea groups is 1. The first-order valence-corrected chi connectivity index (χ1v) is 9.39. The minimum atomic E-state index is -0.313. The van der Waals surface area contributed by atoms with E-state index in [0.29, 0.717) is 6.61 Å². The quantitative estimate of drug-likeness (QED) is 0.568. The van der Waals surface area contributed by atoms with E-state index in [1.165, 1.54) is 0 Å². The van der Waals surface area contributed by atoms with Gasteiger partial charge in [-0.1, -0.05) is 0 Å². The minimum Gasteiger partial charge on any atom is -0.381 e. The second-order valence-electron chi connectivity index (χ2n) is 8.19. The Morgan fingerprint density at radius 2 is 2.26 bits per heavy atom. The third-order valence-electron chi connectivity index (χ3n) is 4.79. The zero-order valence-electron chi connectivity index (χ0n) is 15.9. The van der Waals surface area contributed by atoms with Crippen molar-refractivity contribution in [3.63, 3.8) is 0 Å². The van der Waals surface area contributed by atoms with Crippen LogP contribution in [-0.2, 0) is 4.74 Å². The Morgan fingerprint density at radius 1 is 1.41 bits per heavy atom. The summed E-state index contributed by atoms with van der Waals surface area (Å²) in [6, 6.07) is 1.51. The van der Waals surface area contributed by atoms with Crippen molar-refractivity contribution in [1.82, 2.24) is 30.6 Å². The van der Waals surface area contributed by atoms with Crippen LogP contribution in [0.3, 0.4) is 0 Å². The van der Waals surface area contributed by atoms with E-state index in [1.807, 2.05) is 33.0 Å². The molecule has 2 amide bonds. The van der Waals surface area contributed by atoms with Crippen LogP contribution in [0.5, 0.6) is 0 Å². The van der Waals surface area contributed by atoms with Crippen LogP contribution in [0.4, 0.5) is 4.79 Å². The zero-order chi connectivity index (χ0) is 19.0. The second-order valence-corrected chi connectivity index (χ2v) is 8.19. The van der Waals surface area contributed by atoms with Crippen molar-refractivity contribution in [1.29, 1.82) is 0 Å². The smallest absolute Gasteiger partial charge is 0.315 e. The Morgan fingerprint density at radius 3 is 3.00 bits per heavy atom. The number of aromatic nitrogens is 4. The van der Waals surface area contributed by atoms with Crippen LogP contribution in [0.2, 0.25) is 0 Å². The van der Waals surface area contributed by atoms with Crippen molar-refractivity contribution in [2.24, 2.45) is 5.92 Å². The fourth-order valence-electron chi connectivity index (χ4n) is 3.60. The van der Waals surface area contributed by atoms with Crippen LogP contribution >= 0.6 is 0 Å². The molecule has 144 valence electrons. The van der Waals surface area contributed by atoms with Crippen LogP contribution < -0.4 is 10.6 Å². The minimum absolute atomic E-state index is 0.166. The average molecular weight is 370 g/mol. The first kappa shape index (κ1) is 17.8. The number of fused-ring (bicyclic) bond motifs is 3. The standard InChI is InChI=1S/C19H26N6O2/c1-19(2,3)25-18(26)24-14(11-5-4-8-27-10-11)17-22-13-9-21-16-12(6-7-20-16)15(13)23-17/h6-7,9,11,14H,4-5,8,10H2,1-3H3,(H,20,21)(H,22,23)(H2,24,25,26)/t11-,14?/m1/s1. The topological polar surface area (TPSA) is 108 Å². The van der Waals surface area contributed by atoms with Gasteiger partial charge in [-0.05, 0) is 39.7 Å². The maximum absolute atomic E-state index is 12.5. The van der Waals surface area contributed by atoms with E-state index in [-0.39, 0.29) is 23.5 Å². The van der Waals surface area contributed by atoms with Gasteiger partial charge in [0.1, 0.15) is 17.0 Å². The van der Waals surface area contributed by atoms with Gasteiger partial charge in [0.15, 0.2) is 0 Å². The van der Waals surface area contributed by atoms with Crippen molar-refractivity contribution < 1.29 is 9.53 Å². The van der Waals surface area contributed by atoms with Crippen molar-refractivity contribution in [3.8, 4) is 0 Å². The average Bonchev–Trinajstić information content (AvgIpc) is 3.24. The predicted octanol–water partition coefficient (Wildman–Crippen LogP) is 3.00. The lowest BCUT2D eigenvalue weighted by molar-refractivity contribution is 0.0393. The van der Waals surface area contributed by atoms with E-state index >= 15 is 0 Å². The monoisotopic (exact) mass is 370 g/mol. The van der Waals surface area contributed by atoms with Gasteiger partial charge in [0.05, 0.1) is 24.4 Å². The van der Waals surface area contributed by atoms with Gasteiger partial charge in [-0.25, -0.2) is 14.8 Å². The molecule has 1 unspecified atom stereocenters. The number of carbonyl (C=O) groups is 1. The van der Waals surface area contributed by atoms with Gasteiger partial charge in [-0.15, -0.1) is 0 Å².